The Morgan fingerprint density at radius 3 is 2.60 bits per heavy atom. The summed E-state index contributed by atoms with van der Waals surface area (Å²) >= 11 is 0. The first-order valence-corrected chi connectivity index (χ1v) is 3.85. The average Bonchev–Trinajstić information content (AvgIpc) is 2.15. The Balaban J connectivity index is 2.26. The molecule has 3 heteroatoms. The number of nitrogens with one attached hydrogen (secondary N) is 2. The van der Waals surface area contributed by atoms with E-state index in [0.29, 0.717) is 6.04 Å². The maximum atomic E-state index is 9.31. The molecule has 0 amide bonds. The number of hydrogen-bond acceptors (Lipinski definition) is 3. The van der Waals surface area contributed by atoms with Crippen LogP contribution < -0.4 is 10.6 Å². The van der Waals surface area contributed by atoms with Gasteiger partial charge in [0.1, 0.15) is 0 Å². The van der Waals surface area contributed by atoms with Crippen LogP contribution in [0.3, 0.4) is 0 Å². The highest BCUT2D eigenvalue weighted by Crippen LogP contribution is 1.99. The second-order valence-corrected chi connectivity index (χ2v) is 3.15. The van der Waals surface area contributed by atoms with Crippen molar-refractivity contribution >= 4 is 0 Å². The molecule has 0 aliphatic carbocycles. The lowest BCUT2D eigenvalue weighted by molar-refractivity contribution is 0.159. The normalized spacial score (nSPS) is 33.6. The van der Waals surface area contributed by atoms with Crippen molar-refractivity contribution in [1.82, 2.24) is 10.6 Å². The smallest absolute Gasteiger partial charge is 0.0829 e. The van der Waals surface area contributed by atoms with Crippen molar-refractivity contribution in [1.29, 1.82) is 0 Å². The zero-order chi connectivity index (χ0) is 7.56. The fraction of sp³-hybridized carbons (Fsp3) is 1.00. The maximum Gasteiger partial charge on any atom is 0.0829 e. The molecule has 0 saturated carbocycles. The van der Waals surface area contributed by atoms with Crippen molar-refractivity contribution in [2.75, 3.05) is 13.1 Å². The SMILES string of the molecule is CC(C)N[C@@H]1CNC[C@H]1O. The molecule has 60 valence electrons. The Morgan fingerprint density at radius 1 is 1.50 bits per heavy atom. The van der Waals surface area contributed by atoms with Gasteiger partial charge in [0.05, 0.1) is 6.10 Å². The highest BCUT2D eigenvalue weighted by atomic mass is 16.3. The van der Waals surface area contributed by atoms with Gasteiger partial charge in [-0.25, -0.2) is 0 Å². The molecule has 2 atom stereocenters. The lowest BCUT2D eigenvalue weighted by atomic mass is 10.2. The van der Waals surface area contributed by atoms with Gasteiger partial charge in [-0.15, -0.1) is 0 Å². The molecule has 10 heavy (non-hydrogen) atoms. The minimum Gasteiger partial charge on any atom is -0.390 e. The van der Waals surface area contributed by atoms with Crippen LogP contribution in [0.1, 0.15) is 13.8 Å². The molecule has 1 heterocycles. The number of aliphatic hydroxyl groups excluding tert-OH is 1. The van der Waals surface area contributed by atoms with Crippen LogP contribution in [0, 0.1) is 0 Å². The minimum absolute atomic E-state index is 0.206. The topological polar surface area (TPSA) is 44.3 Å². The van der Waals surface area contributed by atoms with Crippen LogP contribution in [0.25, 0.3) is 0 Å². The first-order chi connectivity index (χ1) is 4.70. The van der Waals surface area contributed by atoms with Crippen LogP contribution in [0.5, 0.6) is 0 Å². The van der Waals surface area contributed by atoms with Gasteiger partial charge in [-0.3, -0.25) is 0 Å². The Kier molecular flexibility index (Phi) is 2.65. The van der Waals surface area contributed by atoms with E-state index < -0.39 is 0 Å². The van der Waals surface area contributed by atoms with Crippen molar-refractivity contribution in [2.45, 2.75) is 32.0 Å². The lowest BCUT2D eigenvalue weighted by Crippen LogP contribution is -2.42. The molecular formula is C7H16N2O. The van der Waals surface area contributed by atoms with Crippen LogP contribution in [0.15, 0.2) is 0 Å². The third-order valence-electron chi connectivity index (χ3n) is 1.73. The van der Waals surface area contributed by atoms with Gasteiger partial charge in [-0.1, -0.05) is 13.8 Å². The van der Waals surface area contributed by atoms with Crippen molar-refractivity contribution in [2.24, 2.45) is 0 Å². The van der Waals surface area contributed by atoms with Gasteiger partial charge >= 0.3 is 0 Å². The Labute approximate surface area is 61.8 Å². The Morgan fingerprint density at radius 2 is 2.20 bits per heavy atom. The molecule has 0 bridgehead atoms. The molecule has 0 aromatic carbocycles. The quantitative estimate of drug-likeness (QED) is 0.481. The molecule has 1 fully saturated rings. The van der Waals surface area contributed by atoms with Gasteiger partial charge in [-0.05, 0) is 0 Å². The monoisotopic (exact) mass is 144 g/mol. The molecule has 0 spiro atoms. The van der Waals surface area contributed by atoms with E-state index >= 15 is 0 Å². The number of hydrogen-bond donors (Lipinski definition) is 3. The highest BCUT2D eigenvalue weighted by Gasteiger charge is 2.24. The second-order valence-electron chi connectivity index (χ2n) is 3.15. The predicted octanol–water partition coefficient (Wildman–Crippen LogP) is -0.683. The standard InChI is InChI=1S/C7H16N2O/c1-5(2)9-6-3-8-4-7(6)10/h5-10H,3-4H2,1-2H3/t6-,7-/m1/s1. The predicted molar refractivity (Wildman–Crippen MR) is 40.9 cm³/mol. The van der Waals surface area contributed by atoms with Crippen molar-refractivity contribution < 1.29 is 5.11 Å². The van der Waals surface area contributed by atoms with Gasteiger partial charge < -0.3 is 15.7 Å². The summed E-state index contributed by atoms with van der Waals surface area (Å²) in [6.07, 6.45) is -0.206. The molecule has 3 nitrogen and oxygen atoms in total. The van der Waals surface area contributed by atoms with Crippen LogP contribution in [-0.4, -0.2) is 36.4 Å². The van der Waals surface area contributed by atoms with Gasteiger partial charge in [0.2, 0.25) is 0 Å². The Bertz CT molecular complexity index is 106. The summed E-state index contributed by atoms with van der Waals surface area (Å²) in [5, 5.41) is 15.7. The van der Waals surface area contributed by atoms with Crippen molar-refractivity contribution in [3.63, 3.8) is 0 Å². The van der Waals surface area contributed by atoms with Crippen LogP contribution in [-0.2, 0) is 0 Å². The molecule has 0 aromatic rings. The average molecular weight is 144 g/mol. The van der Waals surface area contributed by atoms with E-state index in [4.69, 9.17) is 0 Å². The minimum atomic E-state index is -0.206. The molecular weight excluding hydrogens is 128 g/mol. The third-order valence-corrected chi connectivity index (χ3v) is 1.73. The number of β-amino-alcohol motifs (C(OH)–C–C–N with tert-alkyl or cyclic N) is 1. The summed E-state index contributed by atoms with van der Waals surface area (Å²) in [7, 11) is 0. The van der Waals surface area contributed by atoms with E-state index in [1.807, 2.05) is 0 Å². The van der Waals surface area contributed by atoms with E-state index in [0.717, 1.165) is 13.1 Å². The fourth-order valence-electron chi connectivity index (χ4n) is 1.26. The van der Waals surface area contributed by atoms with E-state index in [9.17, 15) is 5.11 Å². The number of rotatable bonds is 2. The fourth-order valence-corrected chi connectivity index (χ4v) is 1.26. The van der Waals surface area contributed by atoms with Gasteiger partial charge in [0, 0.05) is 25.2 Å². The zero-order valence-electron chi connectivity index (χ0n) is 6.59. The van der Waals surface area contributed by atoms with E-state index in [-0.39, 0.29) is 12.1 Å². The van der Waals surface area contributed by atoms with E-state index in [1.165, 1.54) is 0 Å². The molecule has 1 rings (SSSR count). The Hall–Kier alpha value is -0.120. The molecule has 1 saturated heterocycles. The first kappa shape index (κ1) is 7.98. The summed E-state index contributed by atoms with van der Waals surface area (Å²) < 4.78 is 0. The molecule has 0 radical (unpaired) electrons. The molecule has 0 unspecified atom stereocenters. The summed E-state index contributed by atoms with van der Waals surface area (Å²) in [4.78, 5) is 0. The first-order valence-electron chi connectivity index (χ1n) is 3.85. The molecule has 1 aliphatic heterocycles. The maximum absolute atomic E-state index is 9.31. The van der Waals surface area contributed by atoms with Gasteiger partial charge in [0.15, 0.2) is 0 Å². The van der Waals surface area contributed by atoms with Crippen LogP contribution >= 0.6 is 0 Å². The molecule has 3 N–H and O–H groups in total. The lowest BCUT2D eigenvalue weighted by Gasteiger charge is -2.17. The summed E-state index contributed by atoms with van der Waals surface area (Å²) in [6.45, 7) is 5.79. The van der Waals surface area contributed by atoms with Gasteiger partial charge in [0.25, 0.3) is 0 Å². The second kappa shape index (κ2) is 3.32. The van der Waals surface area contributed by atoms with E-state index in [2.05, 4.69) is 24.5 Å². The van der Waals surface area contributed by atoms with Crippen molar-refractivity contribution in [3.8, 4) is 0 Å². The number of aliphatic hydroxyl groups is 1. The zero-order valence-corrected chi connectivity index (χ0v) is 6.59. The summed E-state index contributed by atoms with van der Waals surface area (Å²) in [6, 6.07) is 0.708. The summed E-state index contributed by atoms with van der Waals surface area (Å²) in [5.41, 5.74) is 0. The van der Waals surface area contributed by atoms with E-state index in [1.54, 1.807) is 0 Å². The molecule has 1 aliphatic rings. The van der Waals surface area contributed by atoms with Crippen molar-refractivity contribution in [3.05, 3.63) is 0 Å². The van der Waals surface area contributed by atoms with Gasteiger partial charge in [-0.2, -0.15) is 0 Å². The largest absolute Gasteiger partial charge is 0.390 e. The van der Waals surface area contributed by atoms with Crippen LogP contribution in [0.2, 0.25) is 0 Å². The van der Waals surface area contributed by atoms with Crippen LogP contribution in [0.4, 0.5) is 0 Å². The highest BCUT2D eigenvalue weighted by molar-refractivity contribution is 4.86. The molecule has 0 aromatic heterocycles. The summed E-state index contributed by atoms with van der Waals surface area (Å²) in [5.74, 6) is 0. The third kappa shape index (κ3) is 1.94.